The van der Waals surface area contributed by atoms with Crippen LogP contribution in [0.5, 0.6) is 0 Å². The van der Waals surface area contributed by atoms with Gasteiger partial charge in [-0.15, -0.1) is 0 Å². The lowest BCUT2D eigenvalue weighted by molar-refractivity contribution is 0.633. The topological polar surface area (TPSA) is 31.2 Å². The zero-order chi connectivity index (χ0) is 32.1. The Hall–Kier alpha value is -6.58. The molecule has 0 radical (unpaired) electrons. The van der Waals surface area contributed by atoms with E-state index in [1.807, 2.05) is 18.2 Å². The third-order valence-corrected chi connectivity index (χ3v) is 10.2. The van der Waals surface area contributed by atoms with E-state index in [2.05, 4.69) is 150 Å². The first-order valence-electron chi connectivity index (χ1n) is 16.7. The van der Waals surface area contributed by atoms with E-state index < -0.39 is 0 Å². The maximum absolute atomic E-state index is 6.75. The van der Waals surface area contributed by atoms with Crippen molar-refractivity contribution in [2.75, 3.05) is 0 Å². The zero-order valence-corrected chi connectivity index (χ0v) is 26.4. The maximum atomic E-state index is 6.75. The third kappa shape index (κ3) is 3.78. The monoisotopic (exact) mass is 625 g/mol. The quantitative estimate of drug-likeness (QED) is 0.183. The van der Waals surface area contributed by atoms with Crippen molar-refractivity contribution in [1.29, 1.82) is 0 Å². The summed E-state index contributed by atoms with van der Waals surface area (Å²) in [5, 5.41) is 10.4. The molecule has 228 valence electrons. The summed E-state index contributed by atoms with van der Waals surface area (Å²) in [5.74, 6) is 0.854. The van der Waals surface area contributed by atoms with Crippen LogP contribution in [0.4, 0.5) is 0 Å². The predicted molar refractivity (Wildman–Crippen MR) is 204 cm³/mol. The highest BCUT2D eigenvalue weighted by atomic mass is 16.3. The summed E-state index contributed by atoms with van der Waals surface area (Å²) < 4.78 is 15.3. The predicted octanol–water partition coefficient (Wildman–Crippen LogP) is 13.1. The first kappa shape index (κ1) is 26.5. The average molecular weight is 626 g/mol. The Bertz CT molecular complexity index is 3050. The fourth-order valence-electron chi connectivity index (χ4n) is 8.07. The molecule has 0 atom stereocenters. The van der Waals surface area contributed by atoms with Crippen LogP contribution in [-0.2, 0) is 0 Å². The van der Waals surface area contributed by atoms with Gasteiger partial charge in [0.2, 0.25) is 0 Å². The number of furan rings is 2. The van der Waals surface area contributed by atoms with Crippen molar-refractivity contribution < 1.29 is 8.83 Å². The molecule has 0 spiro atoms. The SMILES string of the molecule is c1ccc(-n2c3ccccc3c3cc(-c4c5ccccc5c(-c5cc6cc7oc8ccccc8c7cc6o5)c5ccccc45)ccc32)cc1. The number of para-hydroxylation sites is 3. The summed E-state index contributed by atoms with van der Waals surface area (Å²) in [4.78, 5) is 0. The number of nitrogens with zero attached hydrogens (tertiary/aromatic N) is 1. The van der Waals surface area contributed by atoms with Crippen LogP contribution in [0, 0.1) is 0 Å². The van der Waals surface area contributed by atoms with Gasteiger partial charge in [0.1, 0.15) is 22.5 Å². The molecule has 3 nitrogen and oxygen atoms in total. The van der Waals surface area contributed by atoms with Crippen LogP contribution in [0.3, 0.4) is 0 Å². The van der Waals surface area contributed by atoms with E-state index in [4.69, 9.17) is 8.83 Å². The standard InChI is InChI=1S/C46H27NO2/c1-2-12-30(13-3-1)47-39-20-10-8-14-31(39)37-24-28(22-23-40(37)47)45-33-16-4-6-18-35(33)46(36-19-7-5-17-34(36)45)44-26-29-25-43-38(27-42(29)49-44)32-15-9-11-21-41(32)48-43/h1-27H. The molecule has 0 saturated carbocycles. The minimum Gasteiger partial charge on any atom is -0.456 e. The summed E-state index contributed by atoms with van der Waals surface area (Å²) in [7, 11) is 0. The first-order chi connectivity index (χ1) is 24.3. The summed E-state index contributed by atoms with van der Waals surface area (Å²) in [5.41, 5.74) is 9.70. The molecule has 3 aromatic heterocycles. The highest BCUT2D eigenvalue weighted by molar-refractivity contribution is 6.22. The van der Waals surface area contributed by atoms with Crippen LogP contribution in [0.2, 0.25) is 0 Å². The zero-order valence-electron chi connectivity index (χ0n) is 26.4. The van der Waals surface area contributed by atoms with Crippen molar-refractivity contribution in [2.24, 2.45) is 0 Å². The lowest BCUT2D eigenvalue weighted by Crippen LogP contribution is -1.93. The van der Waals surface area contributed by atoms with Crippen molar-refractivity contribution in [3.63, 3.8) is 0 Å². The lowest BCUT2D eigenvalue weighted by atomic mass is 9.87. The number of fused-ring (bicyclic) bond motifs is 9. The van der Waals surface area contributed by atoms with Gasteiger partial charge in [-0.1, -0.05) is 109 Å². The first-order valence-corrected chi connectivity index (χ1v) is 16.7. The second-order valence-electron chi connectivity index (χ2n) is 12.9. The molecule has 11 aromatic rings. The molecule has 0 aliphatic rings. The number of hydrogen-bond donors (Lipinski definition) is 0. The van der Waals surface area contributed by atoms with E-state index in [0.717, 1.165) is 60.7 Å². The molecule has 0 saturated heterocycles. The van der Waals surface area contributed by atoms with Crippen LogP contribution < -0.4 is 0 Å². The Morgan fingerprint density at radius 3 is 1.71 bits per heavy atom. The normalized spacial score (nSPS) is 12.1. The highest BCUT2D eigenvalue weighted by Crippen LogP contribution is 2.46. The molecule has 49 heavy (non-hydrogen) atoms. The van der Waals surface area contributed by atoms with Crippen molar-refractivity contribution in [1.82, 2.24) is 4.57 Å². The smallest absolute Gasteiger partial charge is 0.136 e. The van der Waals surface area contributed by atoms with Gasteiger partial charge < -0.3 is 13.4 Å². The molecule has 0 amide bonds. The Labute approximate surface area is 280 Å². The minimum atomic E-state index is 0.853. The fourth-order valence-corrected chi connectivity index (χ4v) is 8.07. The molecular weight excluding hydrogens is 599 g/mol. The van der Waals surface area contributed by atoms with E-state index in [-0.39, 0.29) is 0 Å². The van der Waals surface area contributed by atoms with Gasteiger partial charge >= 0.3 is 0 Å². The molecule has 0 N–H and O–H groups in total. The molecule has 8 aromatic carbocycles. The van der Waals surface area contributed by atoms with Gasteiger partial charge in [0.25, 0.3) is 0 Å². The van der Waals surface area contributed by atoms with Crippen molar-refractivity contribution in [3.05, 3.63) is 164 Å². The summed E-state index contributed by atoms with van der Waals surface area (Å²) in [6.45, 7) is 0. The van der Waals surface area contributed by atoms with E-state index in [0.29, 0.717) is 0 Å². The molecule has 11 rings (SSSR count). The molecule has 0 aliphatic carbocycles. The molecule has 0 unspecified atom stereocenters. The molecule has 0 aliphatic heterocycles. The van der Waals surface area contributed by atoms with Crippen LogP contribution in [0.1, 0.15) is 0 Å². The van der Waals surface area contributed by atoms with Gasteiger partial charge in [0.05, 0.1) is 11.0 Å². The average Bonchev–Trinajstić information content (AvgIpc) is 3.84. The summed E-state index contributed by atoms with van der Waals surface area (Å²) in [6, 6.07) is 58.4. The van der Waals surface area contributed by atoms with Crippen LogP contribution in [0.15, 0.2) is 173 Å². The van der Waals surface area contributed by atoms with E-state index >= 15 is 0 Å². The van der Waals surface area contributed by atoms with Crippen LogP contribution in [-0.4, -0.2) is 4.57 Å². The minimum absolute atomic E-state index is 0.853. The van der Waals surface area contributed by atoms with Crippen LogP contribution in [0.25, 0.3) is 104 Å². The van der Waals surface area contributed by atoms with Gasteiger partial charge in [-0.3, -0.25) is 0 Å². The van der Waals surface area contributed by atoms with Gasteiger partial charge in [0, 0.05) is 38.2 Å². The largest absolute Gasteiger partial charge is 0.456 e. The molecule has 3 heterocycles. The van der Waals surface area contributed by atoms with Crippen LogP contribution >= 0.6 is 0 Å². The Kier molecular flexibility index (Phi) is 5.38. The third-order valence-electron chi connectivity index (χ3n) is 10.2. The van der Waals surface area contributed by atoms with Gasteiger partial charge in [0.15, 0.2) is 0 Å². The van der Waals surface area contributed by atoms with E-state index in [1.165, 1.54) is 43.7 Å². The highest BCUT2D eigenvalue weighted by Gasteiger charge is 2.21. The maximum Gasteiger partial charge on any atom is 0.136 e. The Morgan fingerprint density at radius 2 is 0.959 bits per heavy atom. The number of benzene rings is 8. The fraction of sp³-hybridized carbons (Fsp3) is 0. The van der Waals surface area contributed by atoms with Crippen molar-refractivity contribution in [2.45, 2.75) is 0 Å². The molecular formula is C46H27NO2. The Balaban J connectivity index is 1.17. The van der Waals surface area contributed by atoms with Gasteiger partial charge in [-0.05, 0) is 87.3 Å². The van der Waals surface area contributed by atoms with Crippen molar-refractivity contribution in [3.8, 4) is 28.1 Å². The van der Waals surface area contributed by atoms with Gasteiger partial charge in [-0.2, -0.15) is 0 Å². The van der Waals surface area contributed by atoms with Gasteiger partial charge in [-0.25, -0.2) is 0 Å². The summed E-state index contributed by atoms with van der Waals surface area (Å²) >= 11 is 0. The second kappa shape index (κ2) is 9.96. The molecule has 0 bridgehead atoms. The Morgan fingerprint density at radius 1 is 0.347 bits per heavy atom. The van der Waals surface area contributed by atoms with E-state index in [9.17, 15) is 0 Å². The number of rotatable bonds is 3. The molecule has 3 heteroatoms. The van der Waals surface area contributed by atoms with E-state index in [1.54, 1.807) is 0 Å². The summed E-state index contributed by atoms with van der Waals surface area (Å²) in [6.07, 6.45) is 0. The molecule has 0 fully saturated rings. The number of hydrogen-bond acceptors (Lipinski definition) is 2. The number of aromatic nitrogens is 1. The van der Waals surface area contributed by atoms with Crippen molar-refractivity contribution >= 4 is 76.3 Å². The lowest BCUT2D eigenvalue weighted by Gasteiger charge is -2.16. The second-order valence-corrected chi connectivity index (χ2v) is 12.9.